The highest BCUT2D eigenvalue weighted by molar-refractivity contribution is 5.52. The first-order chi connectivity index (χ1) is 12.7. The molecule has 2 rings (SSSR count). The Morgan fingerprint density at radius 2 is 1.31 bits per heavy atom. The highest BCUT2D eigenvalue weighted by Gasteiger charge is 2.76. The molecule has 166 valence electrons. The summed E-state index contributed by atoms with van der Waals surface area (Å²) >= 11 is 0. The van der Waals surface area contributed by atoms with Gasteiger partial charge in [0.1, 0.15) is 5.75 Å². The summed E-state index contributed by atoms with van der Waals surface area (Å²) < 4.78 is 145. The Labute approximate surface area is 157 Å². The monoisotopic (exact) mass is 444 g/mol. The van der Waals surface area contributed by atoms with Crippen LogP contribution in [0.2, 0.25) is 0 Å². The maximum atomic E-state index is 14.0. The molecule has 1 nitrogen and oxygen atoms in total. The third-order valence-corrected chi connectivity index (χ3v) is 5.22. The summed E-state index contributed by atoms with van der Waals surface area (Å²) in [6.07, 6.45) is -19.8. The second-order valence-electron chi connectivity index (χ2n) is 7.60. The van der Waals surface area contributed by atoms with Gasteiger partial charge in [0.2, 0.25) is 0 Å². The second kappa shape index (κ2) is 6.37. The van der Waals surface area contributed by atoms with Gasteiger partial charge in [-0.2, -0.15) is 48.3 Å². The normalized spacial score (nSPS) is 18.1. The van der Waals surface area contributed by atoms with E-state index in [9.17, 15) is 53.4 Å². The van der Waals surface area contributed by atoms with Crippen molar-refractivity contribution in [1.82, 2.24) is 0 Å². The predicted octanol–water partition coefficient (Wildman–Crippen LogP) is 6.57. The number of phenolic OH excluding ortho intramolecular Hbond substituents is 1. The molecule has 29 heavy (non-hydrogen) atoms. The number of hydrogen-bond donors (Lipinski definition) is 1. The molecule has 0 spiro atoms. The Morgan fingerprint density at radius 1 is 0.828 bits per heavy atom. The number of phenols is 1. The molecule has 0 aliphatic heterocycles. The topological polar surface area (TPSA) is 20.2 Å². The summed E-state index contributed by atoms with van der Waals surface area (Å²) in [6, 6.07) is 0.398. The minimum atomic E-state index is -6.07. The number of hydrogen-bond acceptors (Lipinski definition) is 1. The summed E-state index contributed by atoms with van der Waals surface area (Å²) in [5.74, 6) is -6.74. The fourth-order valence-electron chi connectivity index (χ4n) is 3.26. The molecule has 0 heterocycles. The van der Waals surface area contributed by atoms with Crippen LogP contribution < -0.4 is 0 Å². The summed E-state index contributed by atoms with van der Waals surface area (Å²) in [5, 5.41) is 9.94. The van der Waals surface area contributed by atoms with Crippen molar-refractivity contribution < 1.29 is 53.4 Å². The average molecular weight is 444 g/mol. The van der Waals surface area contributed by atoms with Gasteiger partial charge in [0.25, 0.3) is 0 Å². The van der Waals surface area contributed by atoms with E-state index in [1.165, 1.54) is 0 Å². The lowest BCUT2D eigenvalue weighted by Gasteiger charge is -2.34. The van der Waals surface area contributed by atoms with Gasteiger partial charge in [0.15, 0.2) is 0 Å². The van der Waals surface area contributed by atoms with Crippen molar-refractivity contribution in [2.45, 2.75) is 68.4 Å². The minimum Gasteiger partial charge on any atom is -0.508 e. The van der Waals surface area contributed by atoms with Crippen molar-refractivity contribution in [3.8, 4) is 5.75 Å². The molecule has 1 aliphatic rings. The molecule has 1 fully saturated rings. The molecule has 0 aromatic heterocycles. The zero-order valence-corrected chi connectivity index (χ0v) is 14.9. The maximum absolute atomic E-state index is 14.0. The first kappa shape index (κ1) is 23.5. The van der Waals surface area contributed by atoms with Gasteiger partial charge in [-0.05, 0) is 43.9 Å². The molecular formula is C17H15F11O. The predicted molar refractivity (Wildman–Crippen MR) is 78.9 cm³/mol. The lowest BCUT2D eigenvalue weighted by atomic mass is 9.76. The van der Waals surface area contributed by atoms with Crippen LogP contribution in [-0.4, -0.2) is 29.6 Å². The lowest BCUT2D eigenvalue weighted by molar-refractivity contribution is -0.296. The molecule has 1 N–H and O–H groups in total. The first-order valence-corrected chi connectivity index (χ1v) is 8.12. The Bertz CT molecular complexity index is 780. The molecule has 1 aromatic rings. The van der Waals surface area contributed by atoms with Gasteiger partial charge in [-0.1, -0.05) is 6.07 Å². The van der Waals surface area contributed by atoms with Gasteiger partial charge in [0.05, 0.1) is 17.3 Å². The zero-order chi connectivity index (χ0) is 22.8. The van der Waals surface area contributed by atoms with Gasteiger partial charge in [-0.3, -0.25) is 0 Å². The number of alkyl halides is 11. The number of benzene rings is 1. The molecule has 1 aromatic carbocycles. The number of aromatic hydroxyl groups is 1. The van der Waals surface area contributed by atoms with E-state index in [1.807, 2.05) is 0 Å². The van der Waals surface area contributed by atoms with Crippen LogP contribution in [-0.2, 0) is 17.3 Å². The van der Waals surface area contributed by atoms with Crippen LogP contribution >= 0.6 is 0 Å². The van der Waals surface area contributed by atoms with Crippen LogP contribution in [0.3, 0.4) is 0 Å². The fraction of sp³-hybridized carbons (Fsp3) is 0.647. The van der Waals surface area contributed by atoms with Gasteiger partial charge in [0, 0.05) is 5.56 Å². The van der Waals surface area contributed by atoms with Gasteiger partial charge in [-0.15, -0.1) is 0 Å². The molecule has 0 amide bonds. The minimum absolute atomic E-state index is 0.193. The maximum Gasteiger partial charge on any atom is 0.454 e. The second-order valence-corrected chi connectivity index (χ2v) is 7.60. The van der Waals surface area contributed by atoms with E-state index in [0.29, 0.717) is 13.8 Å². The molecule has 0 bridgehead atoms. The smallest absolute Gasteiger partial charge is 0.454 e. The molecule has 1 saturated carbocycles. The van der Waals surface area contributed by atoms with Crippen molar-refractivity contribution in [1.29, 1.82) is 0 Å². The SMILES string of the molecule is CC(C)(c1cc(C2(C(F)(F)C(F)(F)F)CC2)c(O)cc1CC(F)(F)F)C(F)(F)F. The van der Waals surface area contributed by atoms with Crippen LogP contribution in [0.4, 0.5) is 48.3 Å². The van der Waals surface area contributed by atoms with E-state index < -0.39 is 77.0 Å². The van der Waals surface area contributed by atoms with Crippen molar-refractivity contribution in [2.75, 3.05) is 0 Å². The van der Waals surface area contributed by atoms with Gasteiger partial charge >= 0.3 is 24.5 Å². The van der Waals surface area contributed by atoms with Crippen LogP contribution in [0, 0.1) is 0 Å². The zero-order valence-electron chi connectivity index (χ0n) is 14.9. The Hall–Kier alpha value is -1.75. The average Bonchev–Trinajstić information content (AvgIpc) is 3.24. The third-order valence-electron chi connectivity index (χ3n) is 5.22. The van der Waals surface area contributed by atoms with Crippen LogP contribution in [0.15, 0.2) is 12.1 Å². The number of rotatable bonds is 4. The molecule has 0 unspecified atom stereocenters. The Morgan fingerprint density at radius 3 is 1.66 bits per heavy atom. The van der Waals surface area contributed by atoms with Crippen molar-refractivity contribution in [3.63, 3.8) is 0 Å². The Kier molecular flexibility index (Phi) is 5.17. The molecule has 12 heteroatoms. The quantitative estimate of drug-likeness (QED) is 0.521. The lowest BCUT2D eigenvalue weighted by Crippen LogP contribution is -2.47. The van der Waals surface area contributed by atoms with Gasteiger partial charge < -0.3 is 5.11 Å². The van der Waals surface area contributed by atoms with Crippen LogP contribution in [0.1, 0.15) is 43.4 Å². The highest BCUT2D eigenvalue weighted by atomic mass is 19.4. The number of halogens is 11. The summed E-state index contributed by atoms with van der Waals surface area (Å²) in [7, 11) is 0. The van der Waals surface area contributed by atoms with Gasteiger partial charge in [-0.25, -0.2) is 0 Å². The van der Waals surface area contributed by atoms with E-state index in [-0.39, 0.29) is 12.1 Å². The van der Waals surface area contributed by atoms with Crippen LogP contribution in [0.5, 0.6) is 5.75 Å². The summed E-state index contributed by atoms with van der Waals surface area (Å²) in [4.78, 5) is 0. The molecule has 1 aliphatic carbocycles. The molecule has 0 atom stereocenters. The molecule has 0 radical (unpaired) electrons. The molecule has 0 saturated heterocycles. The van der Waals surface area contributed by atoms with Crippen molar-refractivity contribution in [2.24, 2.45) is 0 Å². The standard InChI is InChI=1S/C17H15F11O/c1-12(2,16(23,24)25)9-6-10(11(29)5-8(9)7-14(18,19)20)13(3-4-13)15(21,22)17(26,27)28/h5-6,29H,3-4,7H2,1-2H3. The van der Waals surface area contributed by atoms with E-state index >= 15 is 0 Å². The van der Waals surface area contributed by atoms with E-state index in [2.05, 4.69) is 0 Å². The van der Waals surface area contributed by atoms with Crippen LogP contribution in [0.25, 0.3) is 0 Å². The summed E-state index contributed by atoms with van der Waals surface area (Å²) in [5.41, 5.74) is -9.40. The molecular weight excluding hydrogens is 429 g/mol. The fourth-order valence-corrected chi connectivity index (χ4v) is 3.26. The summed E-state index contributed by atoms with van der Waals surface area (Å²) in [6.45, 7) is 0.953. The largest absolute Gasteiger partial charge is 0.508 e. The third kappa shape index (κ3) is 3.86. The van der Waals surface area contributed by atoms with Crippen molar-refractivity contribution >= 4 is 0 Å². The highest BCUT2D eigenvalue weighted by Crippen LogP contribution is 2.65. The van der Waals surface area contributed by atoms with E-state index in [0.717, 1.165) is 0 Å². The van der Waals surface area contributed by atoms with E-state index in [4.69, 9.17) is 0 Å². The first-order valence-electron chi connectivity index (χ1n) is 8.12. The van der Waals surface area contributed by atoms with E-state index in [1.54, 1.807) is 0 Å². The Balaban J connectivity index is 2.77. The van der Waals surface area contributed by atoms with Crippen molar-refractivity contribution in [3.05, 3.63) is 28.8 Å².